The number of benzene rings is 2. The molecule has 2 rings (SSSR count). The molecule has 2 aromatic carbocycles. The minimum atomic E-state index is -1.37. The van der Waals surface area contributed by atoms with Gasteiger partial charge in [0.2, 0.25) is 11.8 Å². The molecule has 3 unspecified atom stereocenters. The zero-order valence-electron chi connectivity index (χ0n) is 26.6. The Balaban J connectivity index is 2.49. The van der Waals surface area contributed by atoms with Crippen molar-refractivity contribution in [3.8, 4) is 0 Å². The normalized spacial score (nSPS) is 13.7. The second-order valence-corrected chi connectivity index (χ2v) is 12.3. The molecule has 43 heavy (non-hydrogen) atoms. The molecule has 236 valence electrons. The molecule has 0 saturated heterocycles. The van der Waals surface area contributed by atoms with Gasteiger partial charge in [-0.25, -0.2) is 9.59 Å². The Morgan fingerprint density at radius 1 is 0.791 bits per heavy atom. The highest BCUT2D eigenvalue weighted by molar-refractivity contribution is 5.94. The van der Waals surface area contributed by atoms with Crippen LogP contribution in [-0.2, 0) is 36.7 Å². The highest BCUT2D eigenvalue weighted by Gasteiger charge is 2.37. The van der Waals surface area contributed by atoms with Gasteiger partial charge in [0.15, 0.2) is 0 Å². The summed E-state index contributed by atoms with van der Waals surface area (Å²) in [6.45, 7) is 13.3. The number of hydrogen-bond acceptors (Lipinski definition) is 7. The molecule has 10 heteroatoms. The first-order valence-electron chi connectivity index (χ1n) is 14.6. The van der Waals surface area contributed by atoms with Crippen molar-refractivity contribution in [1.82, 2.24) is 15.5 Å². The Hall–Kier alpha value is -3.92. The van der Waals surface area contributed by atoms with Crippen LogP contribution in [0.15, 0.2) is 54.6 Å². The van der Waals surface area contributed by atoms with Crippen LogP contribution >= 0.6 is 0 Å². The Labute approximate surface area is 255 Å². The fourth-order valence-corrected chi connectivity index (χ4v) is 4.38. The van der Waals surface area contributed by atoms with Crippen molar-refractivity contribution < 1.29 is 33.8 Å². The monoisotopic (exact) mass is 597 g/mol. The third-order valence-corrected chi connectivity index (χ3v) is 6.35. The Morgan fingerprint density at radius 3 is 1.86 bits per heavy atom. The molecule has 0 aliphatic carbocycles. The van der Waals surface area contributed by atoms with E-state index in [2.05, 4.69) is 10.6 Å². The fraction of sp³-hybridized carbons (Fsp3) is 0.515. The number of esters is 1. The van der Waals surface area contributed by atoms with E-state index in [1.54, 1.807) is 60.6 Å². The van der Waals surface area contributed by atoms with Crippen LogP contribution in [0.1, 0.15) is 78.1 Å². The molecule has 0 spiro atoms. The summed E-state index contributed by atoms with van der Waals surface area (Å²) in [5, 5.41) is 15.3. The minimum Gasteiger partial charge on any atom is -0.458 e. The molecule has 0 heterocycles. The number of aliphatic hydroxyl groups is 1. The summed E-state index contributed by atoms with van der Waals surface area (Å²) < 4.78 is 10.9. The summed E-state index contributed by atoms with van der Waals surface area (Å²) >= 11 is 0. The zero-order chi connectivity index (χ0) is 32.4. The average molecular weight is 598 g/mol. The van der Waals surface area contributed by atoms with E-state index in [-0.39, 0.29) is 13.0 Å². The van der Waals surface area contributed by atoms with Crippen molar-refractivity contribution >= 4 is 23.9 Å². The number of amides is 3. The number of ether oxygens (including phenoxy) is 2. The van der Waals surface area contributed by atoms with Crippen molar-refractivity contribution in [2.75, 3.05) is 13.2 Å². The number of hydrogen-bond donors (Lipinski definition) is 3. The van der Waals surface area contributed by atoms with Crippen molar-refractivity contribution in [2.24, 2.45) is 0 Å². The molecule has 0 fully saturated rings. The van der Waals surface area contributed by atoms with Gasteiger partial charge in [-0.15, -0.1) is 0 Å². The SMILES string of the molecule is CCc1ccc(C(C(=O)NC(Cc2ccccc2)C(=O)OC(C)(C)C)N(CC)C(=O)C(CO)NC(=O)OC(C)(C)C)cc1. The largest absolute Gasteiger partial charge is 0.458 e. The lowest BCUT2D eigenvalue weighted by molar-refractivity contribution is -0.159. The topological polar surface area (TPSA) is 134 Å². The first kappa shape index (κ1) is 35.3. The summed E-state index contributed by atoms with van der Waals surface area (Å²) in [5.41, 5.74) is 0.734. The van der Waals surface area contributed by atoms with Crippen LogP contribution in [0.5, 0.6) is 0 Å². The third-order valence-electron chi connectivity index (χ3n) is 6.35. The molecule has 3 N–H and O–H groups in total. The quantitative estimate of drug-likeness (QED) is 0.314. The molecule has 3 amide bonds. The van der Waals surface area contributed by atoms with E-state index in [1.807, 2.05) is 49.4 Å². The van der Waals surface area contributed by atoms with E-state index in [4.69, 9.17) is 9.47 Å². The summed E-state index contributed by atoms with van der Waals surface area (Å²) in [5.74, 6) is -1.91. The molecule has 3 atom stereocenters. The van der Waals surface area contributed by atoms with Gasteiger partial charge >= 0.3 is 12.1 Å². The van der Waals surface area contributed by atoms with E-state index in [0.29, 0.717) is 5.56 Å². The van der Waals surface area contributed by atoms with Gasteiger partial charge < -0.3 is 30.1 Å². The lowest BCUT2D eigenvalue weighted by atomic mass is 9.99. The van der Waals surface area contributed by atoms with Gasteiger partial charge in [0.1, 0.15) is 29.3 Å². The first-order chi connectivity index (χ1) is 20.1. The molecule has 0 aromatic heterocycles. The van der Waals surface area contributed by atoms with E-state index < -0.39 is 59.8 Å². The predicted octanol–water partition coefficient (Wildman–Crippen LogP) is 4.09. The van der Waals surface area contributed by atoms with Crippen LogP contribution in [0, 0.1) is 0 Å². The number of alkyl carbamates (subject to hydrolysis) is 1. The summed E-state index contributed by atoms with van der Waals surface area (Å²) in [7, 11) is 0. The molecule has 2 aromatic rings. The fourth-order valence-electron chi connectivity index (χ4n) is 4.38. The van der Waals surface area contributed by atoms with E-state index in [1.165, 1.54) is 4.90 Å². The molecule has 0 aliphatic rings. The number of aliphatic hydroxyl groups excluding tert-OH is 1. The molecular weight excluding hydrogens is 550 g/mol. The predicted molar refractivity (Wildman–Crippen MR) is 164 cm³/mol. The smallest absolute Gasteiger partial charge is 0.408 e. The summed E-state index contributed by atoms with van der Waals surface area (Å²) in [6, 6.07) is 12.9. The summed E-state index contributed by atoms with van der Waals surface area (Å²) in [4.78, 5) is 54.9. The number of carbonyl (C=O) groups is 4. The van der Waals surface area contributed by atoms with E-state index in [9.17, 15) is 24.3 Å². The van der Waals surface area contributed by atoms with Gasteiger partial charge in [-0.05, 0) is 71.6 Å². The first-order valence-corrected chi connectivity index (χ1v) is 14.6. The third kappa shape index (κ3) is 11.4. The van der Waals surface area contributed by atoms with Gasteiger partial charge in [0, 0.05) is 13.0 Å². The Bertz CT molecular complexity index is 1220. The van der Waals surface area contributed by atoms with Gasteiger partial charge in [-0.1, -0.05) is 61.5 Å². The lowest BCUT2D eigenvalue weighted by Gasteiger charge is -2.34. The van der Waals surface area contributed by atoms with Crippen molar-refractivity contribution in [2.45, 2.75) is 97.6 Å². The van der Waals surface area contributed by atoms with Crippen molar-refractivity contribution in [3.05, 3.63) is 71.3 Å². The maximum Gasteiger partial charge on any atom is 0.408 e. The van der Waals surface area contributed by atoms with Crippen LogP contribution in [0.4, 0.5) is 4.79 Å². The van der Waals surface area contributed by atoms with Gasteiger partial charge in [-0.3, -0.25) is 9.59 Å². The standard InChI is InChI=1S/C33H47N3O7/c1-9-22-16-18-24(19-17-22)27(36(10-2)29(39)26(21-37)35-31(41)43-33(6,7)8)28(38)34-25(30(40)42-32(3,4)5)20-23-14-12-11-13-15-23/h11-19,25-27,37H,9-10,20-21H2,1-8H3,(H,34,38)(H,35,41). The number of aryl methyl sites for hydroxylation is 1. The average Bonchev–Trinajstić information content (AvgIpc) is 2.92. The number of nitrogens with one attached hydrogen (secondary N) is 2. The minimum absolute atomic E-state index is 0.0642. The maximum absolute atomic E-state index is 14.1. The number of rotatable bonds is 12. The van der Waals surface area contributed by atoms with Crippen LogP contribution in [0.3, 0.4) is 0 Å². The molecule has 0 aliphatic heterocycles. The van der Waals surface area contributed by atoms with Gasteiger partial charge in [0.05, 0.1) is 6.61 Å². The zero-order valence-corrected chi connectivity index (χ0v) is 26.6. The molecule has 10 nitrogen and oxygen atoms in total. The Morgan fingerprint density at radius 2 is 1.37 bits per heavy atom. The highest BCUT2D eigenvalue weighted by atomic mass is 16.6. The Kier molecular flexibility index (Phi) is 12.7. The van der Waals surface area contributed by atoms with Crippen LogP contribution in [-0.4, -0.2) is 70.3 Å². The van der Waals surface area contributed by atoms with Crippen LogP contribution < -0.4 is 10.6 Å². The van der Waals surface area contributed by atoms with Crippen LogP contribution in [0.25, 0.3) is 0 Å². The second kappa shape index (κ2) is 15.5. The van der Waals surface area contributed by atoms with Crippen LogP contribution in [0.2, 0.25) is 0 Å². The second-order valence-electron chi connectivity index (χ2n) is 12.3. The molecule has 0 saturated carbocycles. The maximum atomic E-state index is 14.1. The lowest BCUT2D eigenvalue weighted by Crippen LogP contribution is -2.55. The number of nitrogens with zero attached hydrogens (tertiary/aromatic N) is 1. The highest BCUT2D eigenvalue weighted by Crippen LogP contribution is 2.24. The number of likely N-dealkylation sites (N-methyl/N-ethyl adjacent to an activating group) is 1. The number of carbonyl (C=O) groups excluding carboxylic acids is 4. The van der Waals surface area contributed by atoms with E-state index >= 15 is 0 Å². The van der Waals surface area contributed by atoms with Gasteiger partial charge in [-0.2, -0.15) is 0 Å². The van der Waals surface area contributed by atoms with Crippen molar-refractivity contribution in [1.29, 1.82) is 0 Å². The van der Waals surface area contributed by atoms with Gasteiger partial charge in [0.25, 0.3) is 0 Å². The molecule has 0 bridgehead atoms. The van der Waals surface area contributed by atoms with Crippen molar-refractivity contribution in [3.63, 3.8) is 0 Å². The van der Waals surface area contributed by atoms with E-state index in [0.717, 1.165) is 17.5 Å². The molecule has 0 radical (unpaired) electrons. The summed E-state index contributed by atoms with van der Waals surface area (Å²) in [6.07, 6.45) is 0.0670. The molecular formula is C33H47N3O7.